The summed E-state index contributed by atoms with van der Waals surface area (Å²) in [6.45, 7) is 6.41. The molecular weight excluding hydrogens is 354 g/mol. The fourth-order valence-corrected chi connectivity index (χ4v) is 3.28. The van der Waals surface area contributed by atoms with Crippen molar-refractivity contribution in [2.75, 3.05) is 13.6 Å². The van der Waals surface area contributed by atoms with Crippen LogP contribution in [0.4, 0.5) is 0 Å². The number of rotatable bonds is 5. The number of likely N-dealkylation sites (N-methyl/N-ethyl adjacent to an activating group) is 1. The zero-order valence-corrected chi connectivity index (χ0v) is 16.7. The molecule has 0 aliphatic rings. The Morgan fingerprint density at radius 1 is 1.04 bits per heavy atom. The van der Waals surface area contributed by atoms with Crippen molar-refractivity contribution >= 4 is 16.8 Å². The van der Waals surface area contributed by atoms with Gasteiger partial charge in [-0.15, -0.1) is 0 Å². The first-order valence-electron chi connectivity index (χ1n) is 9.41. The molecule has 0 atom stereocenters. The number of carbonyl (C=O) groups is 1. The number of nitrogens with zero attached hydrogens (tertiary/aromatic N) is 3. The van der Waals surface area contributed by atoms with Gasteiger partial charge < -0.3 is 4.90 Å². The van der Waals surface area contributed by atoms with E-state index in [1.807, 2.05) is 32.9 Å². The van der Waals surface area contributed by atoms with Crippen LogP contribution in [-0.4, -0.2) is 33.5 Å². The van der Waals surface area contributed by atoms with Gasteiger partial charge in [-0.3, -0.25) is 14.2 Å². The SMILES string of the molecule is CCCN(C)C(=O)Cn1c(=O)n(-c2ccc(C)c(C)c2)c(=O)c2ccccc21. The quantitative estimate of drug-likeness (QED) is 0.685. The molecule has 1 amide bonds. The molecule has 0 unspecified atom stereocenters. The summed E-state index contributed by atoms with van der Waals surface area (Å²) in [6, 6.07) is 12.4. The molecule has 0 bridgehead atoms. The average Bonchev–Trinajstić information content (AvgIpc) is 2.68. The van der Waals surface area contributed by atoms with E-state index >= 15 is 0 Å². The Kier molecular flexibility index (Phi) is 5.49. The minimum atomic E-state index is -0.509. The van der Waals surface area contributed by atoms with Gasteiger partial charge in [0.25, 0.3) is 5.56 Å². The average molecular weight is 379 g/mol. The number of para-hydroxylation sites is 1. The molecule has 6 nitrogen and oxygen atoms in total. The van der Waals surface area contributed by atoms with Gasteiger partial charge in [0.2, 0.25) is 5.91 Å². The number of hydrogen-bond donors (Lipinski definition) is 0. The number of aromatic nitrogens is 2. The van der Waals surface area contributed by atoms with Gasteiger partial charge in [-0.05, 0) is 55.7 Å². The third kappa shape index (κ3) is 3.50. The highest BCUT2D eigenvalue weighted by molar-refractivity contribution is 5.81. The molecule has 6 heteroatoms. The summed E-state index contributed by atoms with van der Waals surface area (Å²) in [5.41, 5.74) is 2.15. The second-order valence-electron chi connectivity index (χ2n) is 7.11. The van der Waals surface area contributed by atoms with Crippen molar-refractivity contribution in [2.24, 2.45) is 0 Å². The Labute approximate surface area is 163 Å². The van der Waals surface area contributed by atoms with Crippen LogP contribution in [0.3, 0.4) is 0 Å². The summed E-state index contributed by atoms with van der Waals surface area (Å²) >= 11 is 0. The summed E-state index contributed by atoms with van der Waals surface area (Å²) in [7, 11) is 1.72. The van der Waals surface area contributed by atoms with Crippen molar-refractivity contribution in [3.8, 4) is 5.69 Å². The molecule has 1 heterocycles. The van der Waals surface area contributed by atoms with Crippen LogP contribution >= 0.6 is 0 Å². The zero-order chi connectivity index (χ0) is 20.4. The summed E-state index contributed by atoms with van der Waals surface area (Å²) in [5, 5.41) is 0.409. The lowest BCUT2D eigenvalue weighted by Gasteiger charge is -2.19. The fourth-order valence-electron chi connectivity index (χ4n) is 3.28. The molecule has 3 aromatic rings. The number of amides is 1. The summed E-state index contributed by atoms with van der Waals surface area (Å²) < 4.78 is 2.54. The molecule has 0 spiro atoms. The second kappa shape index (κ2) is 7.84. The van der Waals surface area contributed by atoms with Crippen molar-refractivity contribution in [1.29, 1.82) is 0 Å². The molecule has 1 aromatic heterocycles. The Balaban J connectivity index is 2.26. The van der Waals surface area contributed by atoms with Crippen molar-refractivity contribution in [2.45, 2.75) is 33.7 Å². The van der Waals surface area contributed by atoms with E-state index in [1.165, 1.54) is 4.57 Å². The first-order chi connectivity index (χ1) is 13.3. The molecule has 0 radical (unpaired) electrons. The van der Waals surface area contributed by atoms with Crippen LogP contribution < -0.4 is 11.2 Å². The molecule has 3 rings (SSSR count). The topological polar surface area (TPSA) is 64.3 Å². The van der Waals surface area contributed by atoms with E-state index < -0.39 is 5.69 Å². The largest absolute Gasteiger partial charge is 0.344 e. The van der Waals surface area contributed by atoms with E-state index in [9.17, 15) is 14.4 Å². The van der Waals surface area contributed by atoms with Gasteiger partial charge in [0, 0.05) is 13.6 Å². The van der Waals surface area contributed by atoms with Crippen LogP contribution in [0.2, 0.25) is 0 Å². The Morgan fingerprint density at radius 3 is 2.43 bits per heavy atom. The smallest absolute Gasteiger partial charge is 0.336 e. The van der Waals surface area contributed by atoms with E-state index in [0.717, 1.165) is 22.1 Å². The molecule has 2 aromatic carbocycles. The molecular formula is C22H25N3O3. The van der Waals surface area contributed by atoms with Crippen molar-refractivity contribution in [3.63, 3.8) is 0 Å². The lowest BCUT2D eigenvalue weighted by atomic mass is 10.1. The predicted molar refractivity (Wildman–Crippen MR) is 111 cm³/mol. The van der Waals surface area contributed by atoms with Gasteiger partial charge in [-0.25, -0.2) is 9.36 Å². The number of carbonyl (C=O) groups excluding carboxylic acids is 1. The standard InChI is InChI=1S/C22H25N3O3/c1-5-12-23(4)20(26)14-24-19-9-7-6-8-18(19)21(27)25(22(24)28)17-11-10-15(2)16(3)13-17/h6-11,13H,5,12,14H2,1-4H3. The molecule has 0 fully saturated rings. The van der Waals surface area contributed by atoms with Crippen LogP contribution in [0, 0.1) is 13.8 Å². The van der Waals surface area contributed by atoms with Crippen LogP contribution in [0.5, 0.6) is 0 Å². The van der Waals surface area contributed by atoms with E-state index in [4.69, 9.17) is 0 Å². The maximum atomic E-state index is 13.3. The highest BCUT2D eigenvalue weighted by atomic mass is 16.2. The Morgan fingerprint density at radius 2 is 1.75 bits per heavy atom. The Hall–Kier alpha value is -3.15. The van der Waals surface area contributed by atoms with Crippen LogP contribution in [-0.2, 0) is 11.3 Å². The summed E-state index contributed by atoms with van der Waals surface area (Å²) in [6.07, 6.45) is 0.833. The Bertz CT molecular complexity index is 1160. The van der Waals surface area contributed by atoms with Crippen LogP contribution in [0.15, 0.2) is 52.1 Å². The molecule has 28 heavy (non-hydrogen) atoms. The maximum absolute atomic E-state index is 13.3. The molecule has 0 saturated heterocycles. The molecule has 0 aliphatic heterocycles. The van der Waals surface area contributed by atoms with Crippen molar-refractivity contribution < 1.29 is 4.79 Å². The zero-order valence-electron chi connectivity index (χ0n) is 16.7. The highest BCUT2D eigenvalue weighted by Crippen LogP contribution is 2.14. The van der Waals surface area contributed by atoms with Gasteiger partial charge in [0.1, 0.15) is 6.54 Å². The summed E-state index contributed by atoms with van der Waals surface area (Å²) in [5.74, 6) is -0.167. The van der Waals surface area contributed by atoms with Crippen molar-refractivity contribution in [1.82, 2.24) is 14.0 Å². The van der Waals surface area contributed by atoms with Gasteiger partial charge in [0.15, 0.2) is 0 Å². The maximum Gasteiger partial charge on any atom is 0.336 e. The van der Waals surface area contributed by atoms with Crippen LogP contribution in [0.1, 0.15) is 24.5 Å². The minimum Gasteiger partial charge on any atom is -0.344 e. The number of aryl methyl sites for hydroxylation is 2. The number of benzene rings is 2. The molecule has 0 N–H and O–H groups in total. The predicted octanol–water partition coefficient (Wildman–Crippen LogP) is 2.64. The first kappa shape index (κ1) is 19.6. The van der Waals surface area contributed by atoms with Crippen LogP contribution in [0.25, 0.3) is 16.6 Å². The first-order valence-corrected chi connectivity index (χ1v) is 9.41. The minimum absolute atomic E-state index is 0.110. The van der Waals surface area contributed by atoms with E-state index in [-0.39, 0.29) is 18.0 Å². The molecule has 146 valence electrons. The molecule has 0 saturated carbocycles. The van der Waals surface area contributed by atoms with Crippen molar-refractivity contribution in [3.05, 3.63) is 74.4 Å². The van der Waals surface area contributed by atoms with Gasteiger partial charge >= 0.3 is 5.69 Å². The van der Waals surface area contributed by atoms with E-state index in [0.29, 0.717) is 23.1 Å². The van der Waals surface area contributed by atoms with E-state index in [2.05, 4.69) is 0 Å². The third-order valence-electron chi connectivity index (χ3n) is 5.08. The lowest BCUT2D eigenvalue weighted by Crippen LogP contribution is -2.42. The van der Waals surface area contributed by atoms with Gasteiger partial charge in [-0.1, -0.05) is 25.1 Å². The third-order valence-corrected chi connectivity index (χ3v) is 5.08. The highest BCUT2D eigenvalue weighted by Gasteiger charge is 2.18. The number of hydrogen-bond acceptors (Lipinski definition) is 3. The molecule has 0 aliphatic carbocycles. The summed E-state index contributed by atoms with van der Waals surface area (Å²) in [4.78, 5) is 40.6. The van der Waals surface area contributed by atoms with E-state index in [1.54, 1.807) is 42.3 Å². The monoisotopic (exact) mass is 379 g/mol. The lowest BCUT2D eigenvalue weighted by molar-refractivity contribution is -0.130. The fraction of sp³-hybridized carbons (Fsp3) is 0.318. The van der Waals surface area contributed by atoms with Gasteiger partial charge in [-0.2, -0.15) is 0 Å². The van der Waals surface area contributed by atoms with Gasteiger partial charge in [0.05, 0.1) is 16.6 Å². The number of fused-ring (bicyclic) bond motifs is 1. The second-order valence-corrected chi connectivity index (χ2v) is 7.11. The normalized spacial score (nSPS) is 11.0.